The average Bonchev–Trinajstić information content (AvgIpc) is 3.84. The highest BCUT2D eigenvalue weighted by molar-refractivity contribution is 7.26. The molecular weight excluding hydrogens is 709 g/mol. The molecule has 0 fully saturated rings. The first kappa shape index (κ1) is 33.2. The van der Waals surface area contributed by atoms with Gasteiger partial charge in [0.05, 0.1) is 11.0 Å². The highest BCUT2D eigenvalue weighted by atomic mass is 32.1. The van der Waals surface area contributed by atoms with Gasteiger partial charge in [0.1, 0.15) is 0 Å². The van der Waals surface area contributed by atoms with Gasteiger partial charge in [-0.1, -0.05) is 158 Å². The van der Waals surface area contributed by atoms with E-state index in [0.29, 0.717) is 0 Å². The smallest absolute Gasteiger partial charge is 0.0541 e. The zero-order chi connectivity index (χ0) is 37.7. The third kappa shape index (κ3) is 5.80. The fourth-order valence-corrected chi connectivity index (χ4v) is 9.71. The number of anilines is 3. The Balaban J connectivity index is 1.02. The van der Waals surface area contributed by atoms with Crippen molar-refractivity contribution >= 4 is 70.4 Å². The van der Waals surface area contributed by atoms with Crippen LogP contribution in [-0.4, -0.2) is 4.57 Å². The summed E-state index contributed by atoms with van der Waals surface area (Å²) in [6, 6.07) is 79.3. The van der Waals surface area contributed by atoms with E-state index in [1.165, 1.54) is 75.4 Å². The average molecular weight is 745 g/mol. The van der Waals surface area contributed by atoms with E-state index in [-0.39, 0.29) is 0 Å². The van der Waals surface area contributed by atoms with Crippen LogP contribution >= 0.6 is 11.3 Å². The number of para-hydroxylation sites is 2. The van der Waals surface area contributed by atoms with Crippen molar-refractivity contribution in [2.24, 2.45) is 0 Å². The van der Waals surface area contributed by atoms with Gasteiger partial charge in [0.15, 0.2) is 0 Å². The predicted octanol–water partition coefficient (Wildman–Crippen LogP) is 15.6. The Morgan fingerprint density at radius 2 is 0.825 bits per heavy atom. The minimum atomic E-state index is 1.09. The minimum absolute atomic E-state index is 1.09. The lowest BCUT2D eigenvalue weighted by Crippen LogP contribution is -2.10. The summed E-state index contributed by atoms with van der Waals surface area (Å²) >= 11 is 1.88. The zero-order valence-corrected chi connectivity index (χ0v) is 31.9. The highest BCUT2D eigenvalue weighted by Crippen LogP contribution is 2.42. The van der Waals surface area contributed by atoms with Gasteiger partial charge in [-0.05, 0) is 94.0 Å². The first-order valence-electron chi connectivity index (χ1n) is 19.4. The fraction of sp³-hybridized carbons (Fsp3) is 0. The van der Waals surface area contributed by atoms with Crippen LogP contribution in [0.4, 0.5) is 17.1 Å². The number of nitrogens with zero attached hydrogens (tertiary/aromatic N) is 2. The second-order valence-corrected chi connectivity index (χ2v) is 15.6. The number of thiophene rings is 1. The summed E-state index contributed by atoms with van der Waals surface area (Å²) < 4.78 is 5.04. The lowest BCUT2D eigenvalue weighted by atomic mass is 10.00. The van der Waals surface area contributed by atoms with Crippen LogP contribution in [0.15, 0.2) is 218 Å². The van der Waals surface area contributed by atoms with Crippen LogP contribution in [0.3, 0.4) is 0 Å². The number of fused-ring (bicyclic) bond motifs is 6. The summed E-state index contributed by atoms with van der Waals surface area (Å²) in [6.45, 7) is 0. The van der Waals surface area contributed by atoms with Gasteiger partial charge in [0, 0.05) is 53.7 Å². The van der Waals surface area contributed by atoms with E-state index in [2.05, 4.69) is 228 Å². The molecule has 0 aliphatic heterocycles. The summed E-state index contributed by atoms with van der Waals surface area (Å²) in [5, 5.41) is 5.15. The lowest BCUT2D eigenvalue weighted by Gasteiger charge is -2.26. The maximum Gasteiger partial charge on any atom is 0.0541 e. The second kappa shape index (κ2) is 13.8. The van der Waals surface area contributed by atoms with Crippen molar-refractivity contribution in [3.8, 4) is 39.1 Å². The maximum atomic E-state index is 2.39. The van der Waals surface area contributed by atoms with Gasteiger partial charge >= 0.3 is 0 Å². The van der Waals surface area contributed by atoms with Gasteiger partial charge in [0.25, 0.3) is 0 Å². The summed E-state index contributed by atoms with van der Waals surface area (Å²) in [5.41, 5.74) is 14.1. The van der Waals surface area contributed by atoms with E-state index in [4.69, 9.17) is 0 Å². The molecule has 0 saturated heterocycles. The molecule has 268 valence electrons. The van der Waals surface area contributed by atoms with Crippen LogP contribution in [0.25, 0.3) is 81.0 Å². The quantitative estimate of drug-likeness (QED) is 0.158. The Morgan fingerprint density at radius 1 is 0.333 bits per heavy atom. The zero-order valence-electron chi connectivity index (χ0n) is 31.1. The number of rotatable bonds is 7. The van der Waals surface area contributed by atoms with Gasteiger partial charge < -0.3 is 9.47 Å². The summed E-state index contributed by atoms with van der Waals surface area (Å²) in [4.78, 5) is 2.38. The molecule has 0 N–H and O–H groups in total. The van der Waals surface area contributed by atoms with Gasteiger partial charge in [-0.3, -0.25) is 0 Å². The summed E-state index contributed by atoms with van der Waals surface area (Å²) in [7, 11) is 0. The highest BCUT2D eigenvalue weighted by Gasteiger charge is 2.18. The van der Waals surface area contributed by atoms with Crippen molar-refractivity contribution in [3.05, 3.63) is 218 Å². The van der Waals surface area contributed by atoms with Crippen LogP contribution in [0, 0.1) is 0 Å². The number of hydrogen-bond acceptors (Lipinski definition) is 2. The molecule has 0 atom stereocenters. The van der Waals surface area contributed by atoms with Crippen molar-refractivity contribution < 1.29 is 0 Å². The fourth-order valence-electron chi connectivity index (χ4n) is 8.47. The van der Waals surface area contributed by atoms with E-state index in [1.807, 2.05) is 11.3 Å². The molecule has 0 saturated carbocycles. The largest absolute Gasteiger partial charge is 0.310 e. The molecule has 11 aromatic rings. The molecule has 0 radical (unpaired) electrons. The standard InChI is InChI=1S/C54H36N2S/c1-2-12-37(13-3-1)38-24-26-39(27-25-38)40-28-32-42(33-29-40)55(43-34-30-41(31-35-43)46-19-11-20-50-49-18-6-9-23-53(49)57-54(46)50)44-14-10-15-45(36-44)56-51-21-7-4-16-47(51)48-17-5-8-22-52(48)56/h1-36H. The van der Waals surface area contributed by atoms with Gasteiger partial charge in [-0.2, -0.15) is 0 Å². The number of aromatic nitrogens is 1. The van der Waals surface area contributed by atoms with Gasteiger partial charge in [-0.15, -0.1) is 11.3 Å². The second-order valence-electron chi connectivity index (χ2n) is 14.5. The molecule has 0 amide bonds. The Bertz CT molecular complexity index is 3160. The maximum absolute atomic E-state index is 2.39. The third-order valence-corrected chi connectivity index (χ3v) is 12.4. The Hall–Kier alpha value is -7.20. The first-order valence-corrected chi connectivity index (χ1v) is 20.2. The molecule has 0 bridgehead atoms. The van der Waals surface area contributed by atoms with E-state index in [9.17, 15) is 0 Å². The Labute approximate surface area is 335 Å². The number of hydrogen-bond donors (Lipinski definition) is 0. The van der Waals surface area contributed by atoms with E-state index in [0.717, 1.165) is 22.7 Å². The van der Waals surface area contributed by atoms with Crippen molar-refractivity contribution in [1.82, 2.24) is 4.57 Å². The molecule has 0 spiro atoms. The molecule has 3 heteroatoms. The van der Waals surface area contributed by atoms with Crippen molar-refractivity contribution in [2.45, 2.75) is 0 Å². The van der Waals surface area contributed by atoms with Crippen LogP contribution in [0.5, 0.6) is 0 Å². The van der Waals surface area contributed by atoms with Gasteiger partial charge in [0.2, 0.25) is 0 Å². The minimum Gasteiger partial charge on any atom is -0.310 e. The molecule has 9 aromatic carbocycles. The predicted molar refractivity (Wildman–Crippen MR) is 245 cm³/mol. The topological polar surface area (TPSA) is 8.17 Å². The van der Waals surface area contributed by atoms with Crippen LogP contribution < -0.4 is 4.90 Å². The monoisotopic (exact) mass is 744 g/mol. The lowest BCUT2D eigenvalue weighted by molar-refractivity contribution is 1.17. The molecule has 2 aromatic heterocycles. The Morgan fingerprint density at radius 3 is 1.47 bits per heavy atom. The van der Waals surface area contributed by atoms with E-state index in [1.54, 1.807) is 0 Å². The summed E-state index contributed by atoms with van der Waals surface area (Å²) in [5.74, 6) is 0. The molecular formula is C54H36N2S. The van der Waals surface area contributed by atoms with Crippen LogP contribution in [0.1, 0.15) is 0 Å². The van der Waals surface area contributed by atoms with Crippen LogP contribution in [0.2, 0.25) is 0 Å². The normalized spacial score (nSPS) is 11.5. The third-order valence-electron chi connectivity index (χ3n) is 11.2. The molecule has 2 heterocycles. The number of benzene rings is 9. The van der Waals surface area contributed by atoms with E-state index >= 15 is 0 Å². The van der Waals surface area contributed by atoms with Crippen LogP contribution in [-0.2, 0) is 0 Å². The SMILES string of the molecule is c1ccc(-c2ccc(-c3ccc(N(c4ccc(-c5cccc6c5sc5ccccc56)cc4)c4cccc(-n5c6ccccc6c6ccccc65)c4)cc3)cc2)cc1. The van der Waals surface area contributed by atoms with Crippen molar-refractivity contribution in [3.63, 3.8) is 0 Å². The molecule has 2 nitrogen and oxygen atoms in total. The molecule has 57 heavy (non-hydrogen) atoms. The molecule has 11 rings (SSSR count). The summed E-state index contributed by atoms with van der Waals surface area (Å²) in [6.07, 6.45) is 0. The molecule has 0 unspecified atom stereocenters. The first-order chi connectivity index (χ1) is 28.3. The molecule has 0 aliphatic carbocycles. The van der Waals surface area contributed by atoms with Crippen molar-refractivity contribution in [2.75, 3.05) is 4.90 Å². The Kier molecular flexibility index (Phi) is 8.04. The van der Waals surface area contributed by atoms with Gasteiger partial charge in [-0.25, -0.2) is 0 Å². The molecule has 0 aliphatic rings. The van der Waals surface area contributed by atoms with Crippen molar-refractivity contribution in [1.29, 1.82) is 0 Å². The van der Waals surface area contributed by atoms with E-state index < -0.39 is 0 Å².